The Morgan fingerprint density at radius 3 is 2.89 bits per heavy atom. The minimum atomic E-state index is -0.264. The van der Waals surface area contributed by atoms with E-state index in [0.717, 1.165) is 16.8 Å². The van der Waals surface area contributed by atoms with Gasteiger partial charge < -0.3 is 10.3 Å². The van der Waals surface area contributed by atoms with Crippen molar-refractivity contribution in [2.24, 2.45) is 5.92 Å². The second-order valence-electron chi connectivity index (χ2n) is 4.89. The summed E-state index contributed by atoms with van der Waals surface area (Å²) in [6.07, 6.45) is 1.67. The van der Waals surface area contributed by atoms with E-state index in [1.54, 1.807) is 12.3 Å². The van der Waals surface area contributed by atoms with E-state index in [4.69, 9.17) is 0 Å². The van der Waals surface area contributed by atoms with Gasteiger partial charge in [0.15, 0.2) is 0 Å². The van der Waals surface area contributed by atoms with Crippen LogP contribution in [0.1, 0.15) is 19.7 Å². The van der Waals surface area contributed by atoms with E-state index in [1.807, 2.05) is 6.07 Å². The van der Waals surface area contributed by atoms with Gasteiger partial charge in [-0.1, -0.05) is 29.8 Å². The molecule has 102 valence electrons. The summed E-state index contributed by atoms with van der Waals surface area (Å²) in [4.78, 5) is 7.39. The fourth-order valence-electron chi connectivity index (χ4n) is 1.78. The number of rotatable bonds is 5. The normalized spacial score (nSPS) is 11.2. The van der Waals surface area contributed by atoms with Gasteiger partial charge in [-0.05, 0) is 30.7 Å². The molecule has 0 bridgehead atoms. The number of hydrogen-bond donors (Lipinski definition) is 2. The van der Waals surface area contributed by atoms with Crippen LogP contribution < -0.4 is 5.32 Å². The topological polar surface area (TPSA) is 40.7 Å². The van der Waals surface area contributed by atoms with Crippen molar-refractivity contribution in [3.63, 3.8) is 0 Å². The van der Waals surface area contributed by atoms with Crippen molar-refractivity contribution in [1.82, 2.24) is 15.3 Å². The molecule has 0 atom stereocenters. The van der Waals surface area contributed by atoms with Crippen LogP contribution in [-0.2, 0) is 6.54 Å². The van der Waals surface area contributed by atoms with E-state index in [1.165, 1.54) is 6.07 Å². The summed E-state index contributed by atoms with van der Waals surface area (Å²) in [6.45, 7) is 5.90. The number of nitrogens with zero attached hydrogens (tertiary/aromatic N) is 1. The highest BCUT2D eigenvalue weighted by atomic mass is 79.9. The lowest BCUT2D eigenvalue weighted by atomic mass is 10.1. The molecule has 0 spiro atoms. The zero-order valence-corrected chi connectivity index (χ0v) is 12.6. The van der Waals surface area contributed by atoms with Crippen LogP contribution in [0.3, 0.4) is 0 Å². The molecular formula is C14H17BrFN3. The van der Waals surface area contributed by atoms with Gasteiger partial charge in [-0.3, -0.25) is 0 Å². The standard InChI is InChI=1S/C14H17BrFN3/c1-9(2)6-17-8-14-18-7-13(19-14)11-4-3-10(15)5-12(11)16/h3-5,7,9,17H,6,8H2,1-2H3,(H,18,19). The Kier molecular flexibility index (Phi) is 4.71. The van der Waals surface area contributed by atoms with E-state index >= 15 is 0 Å². The first kappa shape index (κ1) is 14.2. The first-order valence-corrected chi connectivity index (χ1v) is 7.05. The predicted molar refractivity (Wildman–Crippen MR) is 78.2 cm³/mol. The lowest BCUT2D eigenvalue weighted by molar-refractivity contribution is 0.544. The predicted octanol–water partition coefficient (Wildman–Crippen LogP) is 3.72. The molecule has 19 heavy (non-hydrogen) atoms. The third kappa shape index (κ3) is 3.88. The average Bonchev–Trinajstić information content (AvgIpc) is 2.77. The van der Waals surface area contributed by atoms with Crippen molar-refractivity contribution in [2.45, 2.75) is 20.4 Å². The summed E-state index contributed by atoms with van der Waals surface area (Å²) < 4.78 is 14.5. The van der Waals surface area contributed by atoms with Crippen LogP contribution in [0.15, 0.2) is 28.9 Å². The van der Waals surface area contributed by atoms with E-state index in [2.05, 4.69) is 45.1 Å². The minimum absolute atomic E-state index is 0.264. The molecule has 1 aromatic carbocycles. The molecule has 0 radical (unpaired) electrons. The van der Waals surface area contributed by atoms with Gasteiger partial charge in [-0.15, -0.1) is 0 Å². The maximum Gasteiger partial charge on any atom is 0.133 e. The number of hydrogen-bond acceptors (Lipinski definition) is 2. The maximum atomic E-state index is 13.8. The molecule has 0 saturated carbocycles. The van der Waals surface area contributed by atoms with Crippen molar-refractivity contribution < 1.29 is 4.39 Å². The molecule has 3 nitrogen and oxygen atoms in total. The Morgan fingerprint density at radius 1 is 1.42 bits per heavy atom. The molecule has 0 aliphatic heterocycles. The Bertz CT molecular complexity index is 551. The lowest BCUT2D eigenvalue weighted by Gasteiger charge is -2.05. The fourth-order valence-corrected chi connectivity index (χ4v) is 2.11. The molecule has 0 aliphatic carbocycles. The highest BCUT2D eigenvalue weighted by Gasteiger charge is 2.08. The minimum Gasteiger partial charge on any atom is -0.341 e. The van der Waals surface area contributed by atoms with Crippen LogP contribution in [0.25, 0.3) is 11.3 Å². The van der Waals surface area contributed by atoms with Crippen LogP contribution >= 0.6 is 15.9 Å². The van der Waals surface area contributed by atoms with Crippen LogP contribution in [0.4, 0.5) is 4.39 Å². The van der Waals surface area contributed by atoms with Crippen LogP contribution in [0.5, 0.6) is 0 Å². The first-order valence-electron chi connectivity index (χ1n) is 6.26. The van der Waals surface area contributed by atoms with Crippen molar-refractivity contribution >= 4 is 15.9 Å². The zero-order chi connectivity index (χ0) is 13.8. The molecule has 2 N–H and O–H groups in total. The summed E-state index contributed by atoms with van der Waals surface area (Å²) >= 11 is 3.25. The number of nitrogens with one attached hydrogen (secondary N) is 2. The van der Waals surface area contributed by atoms with Gasteiger partial charge in [0, 0.05) is 10.0 Å². The van der Waals surface area contributed by atoms with Gasteiger partial charge >= 0.3 is 0 Å². The second kappa shape index (κ2) is 6.30. The smallest absolute Gasteiger partial charge is 0.133 e. The summed E-state index contributed by atoms with van der Waals surface area (Å²) in [5.74, 6) is 1.15. The number of benzene rings is 1. The summed E-state index contributed by atoms with van der Waals surface area (Å²) in [5, 5.41) is 3.29. The number of H-pyrrole nitrogens is 1. The summed E-state index contributed by atoms with van der Waals surface area (Å²) in [7, 11) is 0. The summed E-state index contributed by atoms with van der Waals surface area (Å²) in [6, 6.07) is 5.00. The van der Waals surface area contributed by atoms with Crippen LogP contribution in [0, 0.1) is 11.7 Å². The molecule has 0 saturated heterocycles. The van der Waals surface area contributed by atoms with Crippen LogP contribution in [0.2, 0.25) is 0 Å². The van der Waals surface area contributed by atoms with Crippen molar-refractivity contribution in [3.8, 4) is 11.3 Å². The molecule has 0 amide bonds. The third-order valence-electron chi connectivity index (χ3n) is 2.69. The van der Waals surface area contributed by atoms with E-state index in [-0.39, 0.29) is 5.82 Å². The van der Waals surface area contributed by atoms with Gasteiger partial charge in [0.1, 0.15) is 11.6 Å². The zero-order valence-electron chi connectivity index (χ0n) is 11.0. The van der Waals surface area contributed by atoms with Gasteiger partial charge in [0.05, 0.1) is 18.4 Å². The lowest BCUT2D eigenvalue weighted by Crippen LogP contribution is -2.19. The van der Waals surface area contributed by atoms with Gasteiger partial charge in [0.25, 0.3) is 0 Å². The Morgan fingerprint density at radius 2 is 2.21 bits per heavy atom. The average molecular weight is 326 g/mol. The van der Waals surface area contributed by atoms with Crippen molar-refractivity contribution in [2.75, 3.05) is 6.54 Å². The van der Waals surface area contributed by atoms with Gasteiger partial charge in [-0.2, -0.15) is 0 Å². The van der Waals surface area contributed by atoms with Gasteiger partial charge in [0.2, 0.25) is 0 Å². The second-order valence-corrected chi connectivity index (χ2v) is 5.81. The Labute approximate surface area is 120 Å². The van der Waals surface area contributed by atoms with Gasteiger partial charge in [-0.25, -0.2) is 9.37 Å². The molecular weight excluding hydrogens is 309 g/mol. The quantitative estimate of drug-likeness (QED) is 0.879. The molecule has 0 fully saturated rings. The van der Waals surface area contributed by atoms with E-state index in [9.17, 15) is 4.39 Å². The number of aromatic amines is 1. The van der Waals surface area contributed by atoms with E-state index < -0.39 is 0 Å². The largest absolute Gasteiger partial charge is 0.341 e. The SMILES string of the molecule is CC(C)CNCc1ncc(-c2ccc(Br)cc2F)[nH]1. The summed E-state index contributed by atoms with van der Waals surface area (Å²) in [5.41, 5.74) is 1.23. The molecule has 0 unspecified atom stereocenters. The third-order valence-corrected chi connectivity index (χ3v) is 3.19. The molecule has 5 heteroatoms. The molecule has 0 aliphatic rings. The number of imidazole rings is 1. The number of halogens is 2. The number of aromatic nitrogens is 2. The van der Waals surface area contributed by atoms with Crippen LogP contribution in [-0.4, -0.2) is 16.5 Å². The molecule has 2 aromatic rings. The van der Waals surface area contributed by atoms with Crippen molar-refractivity contribution in [3.05, 3.63) is 40.5 Å². The monoisotopic (exact) mass is 325 g/mol. The van der Waals surface area contributed by atoms with E-state index in [0.29, 0.717) is 23.7 Å². The first-order chi connectivity index (χ1) is 9.06. The Hall–Kier alpha value is -1.20. The highest BCUT2D eigenvalue weighted by molar-refractivity contribution is 9.10. The molecule has 1 heterocycles. The maximum absolute atomic E-state index is 13.8. The van der Waals surface area contributed by atoms with Crippen molar-refractivity contribution in [1.29, 1.82) is 0 Å². The fraction of sp³-hybridized carbons (Fsp3) is 0.357. The molecule has 1 aromatic heterocycles. The highest BCUT2D eigenvalue weighted by Crippen LogP contribution is 2.24. The Balaban J connectivity index is 2.08. The molecule has 2 rings (SSSR count).